The van der Waals surface area contributed by atoms with Crippen molar-refractivity contribution in [1.82, 2.24) is 9.78 Å². The zero-order valence-corrected chi connectivity index (χ0v) is 14.3. The van der Waals surface area contributed by atoms with Crippen LogP contribution >= 0.6 is 0 Å². The van der Waals surface area contributed by atoms with Crippen molar-refractivity contribution in [2.24, 2.45) is 10.8 Å². The van der Waals surface area contributed by atoms with Gasteiger partial charge in [-0.2, -0.15) is 5.10 Å². The highest BCUT2D eigenvalue weighted by molar-refractivity contribution is 5.70. The number of aldehydes is 1. The molecule has 0 N–H and O–H groups in total. The standard InChI is InChI=1S/C21H21FN2O/c1-3-9-21(14-25)10-8-16-11-19-15(12-20(16,21)2)13-23-24(19)18-6-4-17(22)5-7-18/h3-7,11,13-14H,1,8-10,12H2,2H3/t20-,21?/m0/s1. The molecule has 0 aliphatic heterocycles. The van der Waals surface area contributed by atoms with E-state index in [-0.39, 0.29) is 16.6 Å². The Kier molecular flexibility index (Phi) is 3.53. The third-order valence-electron chi connectivity index (χ3n) is 6.19. The number of rotatable bonds is 4. The van der Waals surface area contributed by atoms with Gasteiger partial charge >= 0.3 is 0 Å². The molecule has 0 spiro atoms. The number of nitrogens with zero attached hydrogens (tertiary/aromatic N) is 2. The molecule has 2 aromatic rings. The van der Waals surface area contributed by atoms with Gasteiger partial charge in [0.15, 0.2) is 0 Å². The zero-order chi connectivity index (χ0) is 17.7. The molecule has 25 heavy (non-hydrogen) atoms. The van der Waals surface area contributed by atoms with Gasteiger partial charge in [-0.1, -0.05) is 18.6 Å². The molecule has 4 rings (SSSR count). The molecule has 4 heteroatoms. The summed E-state index contributed by atoms with van der Waals surface area (Å²) < 4.78 is 15.1. The summed E-state index contributed by atoms with van der Waals surface area (Å²) >= 11 is 0. The number of fused-ring (bicyclic) bond motifs is 2. The first-order valence-electron chi connectivity index (χ1n) is 8.64. The first-order valence-corrected chi connectivity index (χ1v) is 8.64. The maximum Gasteiger partial charge on any atom is 0.127 e. The predicted molar refractivity (Wildman–Crippen MR) is 95.9 cm³/mol. The third-order valence-corrected chi connectivity index (χ3v) is 6.19. The highest BCUT2D eigenvalue weighted by atomic mass is 19.1. The highest BCUT2D eigenvalue weighted by Gasteiger charge is 2.55. The fourth-order valence-electron chi connectivity index (χ4n) is 4.59. The molecule has 1 unspecified atom stereocenters. The van der Waals surface area contributed by atoms with E-state index >= 15 is 0 Å². The van der Waals surface area contributed by atoms with Gasteiger partial charge in [-0.15, -0.1) is 6.58 Å². The lowest BCUT2D eigenvalue weighted by atomic mass is 9.60. The first kappa shape index (κ1) is 16.0. The molecule has 1 saturated carbocycles. The van der Waals surface area contributed by atoms with E-state index in [1.807, 2.05) is 17.0 Å². The van der Waals surface area contributed by atoms with Crippen LogP contribution in [0.1, 0.15) is 37.4 Å². The van der Waals surface area contributed by atoms with Crippen molar-refractivity contribution in [2.75, 3.05) is 0 Å². The van der Waals surface area contributed by atoms with Crippen LogP contribution in [0.5, 0.6) is 0 Å². The lowest BCUT2D eigenvalue weighted by Gasteiger charge is -2.42. The van der Waals surface area contributed by atoms with Crippen molar-refractivity contribution in [3.05, 3.63) is 65.8 Å². The van der Waals surface area contributed by atoms with E-state index in [2.05, 4.69) is 24.7 Å². The van der Waals surface area contributed by atoms with Crippen molar-refractivity contribution >= 4 is 12.4 Å². The number of carbonyl (C=O) groups is 1. The third kappa shape index (κ3) is 2.16. The monoisotopic (exact) mass is 336 g/mol. The predicted octanol–water partition coefficient (Wildman–Crippen LogP) is 4.51. The second-order valence-electron chi connectivity index (χ2n) is 7.39. The Hall–Kier alpha value is -2.49. The van der Waals surface area contributed by atoms with Gasteiger partial charge in [-0.3, -0.25) is 0 Å². The summed E-state index contributed by atoms with van der Waals surface area (Å²) in [5, 5.41) is 4.52. The van der Waals surface area contributed by atoms with Gasteiger partial charge in [0.25, 0.3) is 0 Å². The van der Waals surface area contributed by atoms with Crippen LogP contribution in [-0.4, -0.2) is 16.1 Å². The minimum absolute atomic E-state index is 0.188. The Morgan fingerprint density at radius 1 is 1.36 bits per heavy atom. The van der Waals surface area contributed by atoms with E-state index in [0.717, 1.165) is 42.5 Å². The number of allylic oxidation sites excluding steroid dienone is 2. The maximum absolute atomic E-state index is 13.2. The summed E-state index contributed by atoms with van der Waals surface area (Å²) in [5.74, 6) is -0.258. The van der Waals surface area contributed by atoms with E-state index in [1.165, 1.54) is 17.7 Å². The van der Waals surface area contributed by atoms with E-state index in [0.29, 0.717) is 6.42 Å². The van der Waals surface area contributed by atoms with E-state index < -0.39 is 0 Å². The topological polar surface area (TPSA) is 34.9 Å². The molecule has 0 saturated heterocycles. The lowest BCUT2D eigenvalue weighted by molar-refractivity contribution is -0.120. The second-order valence-corrected chi connectivity index (χ2v) is 7.39. The molecular weight excluding hydrogens is 315 g/mol. The summed E-state index contributed by atoms with van der Waals surface area (Å²) in [6.45, 7) is 6.05. The van der Waals surface area contributed by atoms with Crippen LogP contribution in [0.3, 0.4) is 0 Å². The molecule has 1 aromatic carbocycles. The fourth-order valence-corrected chi connectivity index (χ4v) is 4.59. The van der Waals surface area contributed by atoms with Crippen LogP contribution in [0.4, 0.5) is 4.39 Å². The largest absolute Gasteiger partial charge is 0.303 e. The van der Waals surface area contributed by atoms with Gasteiger partial charge in [0.1, 0.15) is 12.1 Å². The second kappa shape index (κ2) is 5.51. The lowest BCUT2D eigenvalue weighted by Crippen LogP contribution is -2.40. The van der Waals surface area contributed by atoms with Gasteiger partial charge in [0, 0.05) is 10.8 Å². The number of hydrogen-bond donors (Lipinski definition) is 0. The van der Waals surface area contributed by atoms with Crippen LogP contribution in [0, 0.1) is 16.6 Å². The Balaban J connectivity index is 1.80. The van der Waals surface area contributed by atoms with Crippen molar-refractivity contribution in [2.45, 2.75) is 32.6 Å². The van der Waals surface area contributed by atoms with Crippen LogP contribution in [-0.2, 0) is 11.2 Å². The Morgan fingerprint density at radius 2 is 2.12 bits per heavy atom. The summed E-state index contributed by atoms with van der Waals surface area (Å²) in [6.07, 6.45) is 10.3. The average Bonchev–Trinajstić information content (AvgIpc) is 3.13. The van der Waals surface area contributed by atoms with E-state index in [4.69, 9.17) is 0 Å². The van der Waals surface area contributed by atoms with Crippen LogP contribution in [0.15, 0.2) is 48.7 Å². The van der Waals surface area contributed by atoms with Gasteiger partial charge < -0.3 is 4.79 Å². The molecule has 2 aliphatic carbocycles. The van der Waals surface area contributed by atoms with Gasteiger partial charge in [0.2, 0.25) is 0 Å². The van der Waals surface area contributed by atoms with Crippen molar-refractivity contribution in [3.63, 3.8) is 0 Å². The summed E-state index contributed by atoms with van der Waals surface area (Å²) in [5.41, 5.74) is 3.75. The molecule has 128 valence electrons. The summed E-state index contributed by atoms with van der Waals surface area (Å²) in [7, 11) is 0. The fraction of sp³-hybridized carbons (Fsp3) is 0.333. The number of carbonyl (C=O) groups excluding carboxylic acids is 1. The number of halogens is 1. The molecule has 3 nitrogen and oxygen atoms in total. The molecule has 2 atom stereocenters. The quantitative estimate of drug-likeness (QED) is 0.608. The molecule has 1 heterocycles. The van der Waals surface area contributed by atoms with E-state index in [9.17, 15) is 9.18 Å². The first-order chi connectivity index (χ1) is 12.0. The molecule has 1 fully saturated rings. The molecule has 0 bridgehead atoms. The summed E-state index contributed by atoms with van der Waals surface area (Å²) in [6, 6.07) is 6.36. The van der Waals surface area contributed by atoms with Crippen molar-refractivity contribution in [1.29, 1.82) is 0 Å². The Labute approximate surface area is 146 Å². The SMILES string of the molecule is C=CCC1(C=O)CCC2=Cc3c(cnn3-c3ccc(F)cc3)C[C@@]21C. The number of benzene rings is 1. The smallest absolute Gasteiger partial charge is 0.127 e. The van der Waals surface area contributed by atoms with Gasteiger partial charge in [0.05, 0.1) is 17.6 Å². The normalized spacial score (nSPS) is 27.4. The molecular formula is C21H21FN2O. The zero-order valence-electron chi connectivity index (χ0n) is 14.3. The van der Waals surface area contributed by atoms with Gasteiger partial charge in [-0.05, 0) is 61.6 Å². The average molecular weight is 336 g/mol. The minimum Gasteiger partial charge on any atom is -0.303 e. The number of aromatic nitrogens is 2. The molecule has 2 aliphatic rings. The van der Waals surface area contributed by atoms with Gasteiger partial charge in [-0.25, -0.2) is 9.07 Å². The molecule has 1 aromatic heterocycles. The molecule has 0 amide bonds. The maximum atomic E-state index is 13.2. The summed E-state index contributed by atoms with van der Waals surface area (Å²) in [4.78, 5) is 12.0. The van der Waals surface area contributed by atoms with Crippen molar-refractivity contribution < 1.29 is 9.18 Å². The Bertz CT molecular complexity index is 880. The van der Waals surface area contributed by atoms with Crippen LogP contribution in [0.2, 0.25) is 0 Å². The van der Waals surface area contributed by atoms with Crippen LogP contribution in [0.25, 0.3) is 11.8 Å². The highest BCUT2D eigenvalue weighted by Crippen LogP contribution is 2.60. The van der Waals surface area contributed by atoms with E-state index in [1.54, 1.807) is 12.1 Å². The van der Waals surface area contributed by atoms with Crippen molar-refractivity contribution in [3.8, 4) is 5.69 Å². The molecule has 0 radical (unpaired) electrons. The van der Waals surface area contributed by atoms with Crippen LogP contribution < -0.4 is 0 Å². The Morgan fingerprint density at radius 3 is 2.80 bits per heavy atom. The number of hydrogen-bond acceptors (Lipinski definition) is 2. The minimum atomic E-state index is -0.379.